The zero-order chi connectivity index (χ0) is 13.5. The summed E-state index contributed by atoms with van der Waals surface area (Å²) < 4.78 is 0. The lowest BCUT2D eigenvalue weighted by Crippen LogP contribution is -2.44. The molecule has 18 heavy (non-hydrogen) atoms. The van der Waals surface area contributed by atoms with E-state index in [4.69, 9.17) is 10.8 Å². The molecule has 5 nitrogen and oxygen atoms in total. The molecule has 0 unspecified atom stereocenters. The van der Waals surface area contributed by atoms with Gasteiger partial charge in [-0.1, -0.05) is 43.7 Å². The molecular weight excluding hydrogens is 232 g/mol. The highest BCUT2D eigenvalue weighted by atomic mass is 16.4. The number of aliphatic carboxylic acids is 1. The highest BCUT2D eigenvalue weighted by Crippen LogP contribution is 2.13. The van der Waals surface area contributed by atoms with Crippen LogP contribution in [0.3, 0.4) is 0 Å². The first-order chi connectivity index (χ1) is 8.56. The van der Waals surface area contributed by atoms with Crippen molar-refractivity contribution in [3.05, 3.63) is 35.9 Å². The predicted molar refractivity (Wildman–Crippen MR) is 67.8 cm³/mol. The fourth-order valence-electron chi connectivity index (χ4n) is 1.62. The van der Waals surface area contributed by atoms with Crippen LogP contribution in [0.1, 0.15) is 31.4 Å². The first-order valence-corrected chi connectivity index (χ1v) is 5.90. The van der Waals surface area contributed by atoms with Crippen molar-refractivity contribution in [2.24, 2.45) is 5.73 Å². The minimum Gasteiger partial charge on any atom is -0.479 e. The molecule has 2 atom stereocenters. The normalized spacial score (nSPS) is 13.7. The lowest BCUT2D eigenvalue weighted by Gasteiger charge is -2.17. The van der Waals surface area contributed by atoms with Crippen LogP contribution >= 0.6 is 0 Å². The monoisotopic (exact) mass is 250 g/mol. The third-order valence-electron chi connectivity index (χ3n) is 2.60. The van der Waals surface area contributed by atoms with E-state index in [2.05, 4.69) is 5.32 Å². The number of hydrogen-bond donors (Lipinski definition) is 3. The van der Waals surface area contributed by atoms with Crippen LogP contribution in [-0.4, -0.2) is 23.0 Å². The van der Waals surface area contributed by atoms with Gasteiger partial charge in [-0.25, -0.2) is 4.79 Å². The van der Waals surface area contributed by atoms with Crippen molar-refractivity contribution in [2.45, 2.75) is 31.8 Å². The van der Waals surface area contributed by atoms with Crippen molar-refractivity contribution in [2.75, 3.05) is 0 Å². The Labute approximate surface area is 106 Å². The van der Waals surface area contributed by atoms with E-state index in [1.807, 2.05) is 6.92 Å². The first-order valence-electron chi connectivity index (χ1n) is 5.90. The van der Waals surface area contributed by atoms with Crippen molar-refractivity contribution in [3.8, 4) is 0 Å². The SMILES string of the molecule is CCC[C@@H](N)C(=O)N[C@@H](C(=O)O)c1ccccc1. The Morgan fingerprint density at radius 1 is 1.33 bits per heavy atom. The molecule has 1 aromatic rings. The summed E-state index contributed by atoms with van der Waals surface area (Å²) in [6.45, 7) is 1.92. The number of amides is 1. The number of nitrogens with one attached hydrogen (secondary N) is 1. The molecule has 5 heteroatoms. The maximum absolute atomic E-state index is 11.7. The fourth-order valence-corrected chi connectivity index (χ4v) is 1.62. The van der Waals surface area contributed by atoms with Crippen LogP contribution in [0.15, 0.2) is 30.3 Å². The third-order valence-corrected chi connectivity index (χ3v) is 2.60. The Balaban J connectivity index is 2.76. The number of carbonyl (C=O) groups is 2. The van der Waals surface area contributed by atoms with Gasteiger partial charge in [-0.3, -0.25) is 4.79 Å². The summed E-state index contributed by atoms with van der Waals surface area (Å²) in [7, 11) is 0. The van der Waals surface area contributed by atoms with Crippen LogP contribution in [0.5, 0.6) is 0 Å². The van der Waals surface area contributed by atoms with Crippen LogP contribution in [0.2, 0.25) is 0 Å². The van der Waals surface area contributed by atoms with Gasteiger partial charge < -0.3 is 16.2 Å². The average Bonchev–Trinajstić information content (AvgIpc) is 2.36. The summed E-state index contributed by atoms with van der Waals surface area (Å²) in [5, 5.41) is 11.6. The maximum Gasteiger partial charge on any atom is 0.330 e. The highest BCUT2D eigenvalue weighted by Gasteiger charge is 2.24. The van der Waals surface area contributed by atoms with Gasteiger partial charge in [0.1, 0.15) is 0 Å². The molecule has 0 aliphatic rings. The molecule has 0 aliphatic carbocycles. The number of rotatable bonds is 6. The van der Waals surface area contributed by atoms with E-state index >= 15 is 0 Å². The van der Waals surface area contributed by atoms with Gasteiger partial charge in [0.2, 0.25) is 5.91 Å². The Kier molecular flexibility index (Phi) is 5.32. The van der Waals surface area contributed by atoms with Crippen LogP contribution in [-0.2, 0) is 9.59 Å². The van der Waals surface area contributed by atoms with E-state index < -0.39 is 24.0 Å². The highest BCUT2D eigenvalue weighted by molar-refractivity contribution is 5.87. The number of carboxylic acids is 1. The first kappa shape index (κ1) is 14.2. The quantitative estimate of drug-likeness (QED) is 0.703. The molecule has 0 aliphatic heterocycles. The van der Waals surface area contributed by atoms with E-state index in [1.54, 1.807) is 30.3 Å². The van der Waals surface area contributed by atoms with Gasteiger partial charge >= 0.3 is 5.97 Å². The lowest BCUT2D eigenvalue weighted by atomic mass is 10.1. The van der Waals surface area contributed by atoms with Crippen molar-refractivity contribution < 1.29 is 14.7 Å². The third kappa shape index (κ3) is 3.85. The van der Waals surface area contributed by atoms with Crippen molar-refractivity contribution in [3.63, 3.8) is 0 Å². The predicted octanol–water partition coefficient (Wildman–Crippen LogP) is 1.06. The molecule has 0 bridgehead atoms. The topological polar surface area (TPSA) is 92.4 Å². The smallest absolute Gasteiger partial charge is 0.330 e. The summed E-state index contributed by atoms with van der Waals surface area (Å²) in [5.41, 5.74) is 6.18. The summed E-state index contributed by atoms with van der Waals surface area (Å²) in [6.07, 6.45) is 1.31. The Bertz CT molecular complexity index is 406. The summed E-state index contributed by atoms with van der Waals surface area (Å²) in [4.78, 5) is 22.9. The van der Waals surface area contributed by atoms with Crippen LogP contribution < -0.4 is 11.1 Å². The zero-order valence-corrected chi connectivity index (χ0v) is 10.3. The van der Waals surface area contributed by atoms with Crippen LogP contribution in [0, 0.1) is 0 Å². The minimum atomic E-state index is -1.10. The van der Waals surface area contributed by atoms with E-state index in [1.165, 1.54) is 0 Å². The largest absolute Gasteiger partial charge is 0.479 e. The molecule has 0 heterocycles. The number of benzene rings is 1. The van der Waals surface area contributed by atoms with Crippen LogP contribution in [0.25, 0.3) is 0 Å². The van der Waals surface area contributed by atoms with E-state index in [9.17, 15) is 9.59 Å². The van der Waals surface area contributed by atoms with Gasteiger partial charge in [-0.05, 0) is 12.0 Å². The summed E-state index contributed by atoms with van der Waals surface area (Å²) in [6, 6.07) is 6.83. The molecule has 1 aromatic carbocycles. The maximum atomic E-state index is 11.7. The number of carboxylic acid groups (broad SMARTS) is 1. The van der Waals surface area contributed by atoms with Crippen molar-refractivity contribution >= 4 is 11.9 Å². The van der Waals surface area contributed by atoms with E-state index in [0.29, 0.717) is 12.0 Å². The Hall–Kier alpha value is -1.88. The molecule has 0 radical (unpaired) electrons. The molecule has 1 amide bonds. The van der Waals surface area contributed by atoms with Crippen LogP contribution in [0.4, 0.5) is 0 Å². The second-order valence-electron chi connectivity index (χ2n) is 4.09. The number of hydrogen-bond acceptors (Lipinski definition) is 3. The van der Waals surface area contributed by atoms with Gasteiger partial charge in [0.05, 0.1) is 6.04 Å². The van der Waals surface area contributed by atoms with Gasteiger partial charge in [-0.2, -0.15) is 0 Å². The Morgan fingerprint density at radius 3 is 2.44 bits per heavy atom. The minimum absolute atomic E-state index is 0.437. The van der Waals surface area contributed by atoms with E-state index in [-0.39, 0.29) is 0 Å². The molecule has 4 N–H and O–H groups in total. The number of carbonyl (C=O) groups excluding carboxylic acids is 1. The average molecular weight is 250 g/mol. The molecule has 0 spiro atoms. The lowest BCUT2D eigenvalue weighted by molar-refractivity contribution is -0.142. The van der Waals surface area contributed by atoms with E-state index in [0.717, 1.165) is 6.42 Å². The van der Waals surface area contributed by atoms with Gasteiger partial charge in [-0.15, -0.1) is 0 Å². The second kappa shape index (κ2) is 6.76. The Morgan fingerprint density at radius 2 is 1.94 bits per heavy atom. The molecule has 0 saturated heterocycles. The zero-order valence-electron chi connectivity index (χ0n) is 10.3. The summed E-state index contributed by atoms with van der Waals surface area (Å²) in [5.74, 6) is -1.54. The van der Waals surface area contributed by atoms with Gasteiger partial charge in [0.25, 0.3) is 0 Å². The fraction of sp³-hybridized carbons (Fsp3) is 0.385. The molecular formula is C13H18N2O3. The molecule has 0 saturated carbocycles. The second-order valence-corrected chi connectivity index (χ2v) is 4.09. The van der Waals surface area contributed by atoms with Gasteiger partial charge in [0, 0.05) is 0 Å². The van der Waals surface area contributed by atoms with Gasteiger partial charge in [0.15, 0.2) is 6.04 Å². The standard InChI is InChI=1S/C13H18N2O3/c1-2-6-10(14)12(16)15-11(13(17)18)9-7-4-3-5-8-9/h3-5,7-8,10-11H,2,6,14H2,1H3,(H,15,16)(H,17,18)/t10-,11-/m1/s1. The summed E-state index contributed by atoms with van der Waals surface area (Å²) >= 11 is 0. The van der Waals surface area contributed by atoms with Crippen molar-refractivity contribution in [1.29, 1.82) is 0 Å². The van der Waals surface area contributed by atoms with Crippen molar-refractivity contribution in [1.82, 2.24) is 5.32 Å². The molecule has 0 aromatic heterocycles. The molecule has 1 rings (SSSR count). The molecule has 0 fully saturated rings. The molecule has 98 valence electrons. The number of nitrogens with two attached hydrogens (primary N) is 1.